The maximum absolute atomic E-state index is 6.06. The van der Waals surface area contributed by atoms with E-state index in [4.69, 9.17) is 17.3 Å². The van der Waals surface area contributed by atoms with Crippen molar-refractivity contribution < 1.29 is 0 Å². The summed E-state index contributed by atoms with van der Waals surface area (Å²) in [7, 11) is 1.92. The van der Waals surface area contributed by atoms with Crippen LogP contribution >= 0.6 is 38.9 Å². The van der Waals surface area contributed by atoms with Crippen molar-refractivity contribution in [1.29, 1.82) is 0 Å². The molecular weight excluding hydrogens is 324 g/mol. The molecule has 17 heavy (non-hydrogen) atoms. The Balaban J connectivity index is 2.20. The van der Waals surface area contributed by atoms with Crippen LogP contribution in [0.5, 0.6) is 0 Å². The number of nitrogens with two attached hydrogens (primary N) is 1. The normalized spacial score (nSPS) is 10.5. The largest absolute Gasteiger partial charge is 0.382 e. The van der Waals surface area contributed by atoms with Gasteiger partial charge in [-0.25, -0.2) is 9.97 Å². The summed E-state index contributed by atoms with van der Waals surface area (Å²) >= 11 is 11.1. The number of nitrogens with zero attached hydrogens (tertiary/aromatic N) is 3. The van der Waals surface area contributed by atoms with Crippen molar-refractivity contribution in [2.45, 2.75) is 6.54 Å². The molecule has 0 bridgehead atoms. The van der Waals surface area contributed by atoms with Crippen LogP contribution in [0.2, 0.25) is 5.02 Å². The topological polar surface area (TPSA) is 55.0 Å². The lowest BCUT2D eigenvalue weighted by Gasteiger charge is -2.18. The summed E-state index contributed by atoms with van der Waals surface area (Å²) in [6.07, 6.45) is 1.41. The van der Waals surface area contributed by atoms with Crippen LogP contribution in [0.15, 0.2) is 21.6 Å². The van der Waals surface area contributed by atoms with Crippen LogP contribution in [0.4, 0.5) is 11.6 Å². The van der Waals surface area contributed by atoms with Gasteiger partial charge in [0, 0.05) is 13.6 Å². The number of anilines is 2. The number of rotatable bonds is 3. The molecule has 2 N–H and O–H groups in total. The van der Waals surface area contributed by atoms with E-state index in [2.05, 4.69) is 37.3 Å². The third-order valence-electron chi connectivity index (χ3n) is 2.20. The van der Waals surface area contributed by atoms with Crippen molar-refractivity contribution >= 4 is 50.5 Å². The Hall–Kier alpha value is -0.850. The van der Waals surface area contributed by atoms with Gasteiger partial charge in [-0.2, -0.15) is 0 Å². The quantitative estimate of drug-likeness (QED) is 0.937. The van der Waals surface area contributed by atoms with Crippen molar-refractivity contribution in [3.8, 4) is 0 Å². The number of nitrogen functional groups attached to an aromatic ring is 1. The maximum Gasteiger partial charge on any atom is 0.153 e. The second kappa shape index (κ2) is 5.20. The van der Waals surface area contributed by atoms with E-state index in [1.807, 2.05) is 11.9 Å². The molecule has 0 aromatic carbocycles. The van der Waals surface area contributed by atoms with Crippen molar-refractivity contribution in [2.24, 2.45) is 0 Å². The Bertz CT molecular complexity index is 531. The Labute approximate surface area is 117 Å². The molecule has 0 amide bonds. The SMILES string of the molecule is CN(Cc1csc(Br)c1)c1ncnc(N)c1Cl. The predicted octanol–water partition coefficient (Wildman–Crippen LogP) is 3.17. The summed E-state index contributed by atoms with van der Waals surface area (Å²) in [5.41, 5.74) is 6.83. The molecule has 0 aliphatic carbocycles. The highest BCUT2D eigenvalue weighted by molar-refractivity contribution is 9.11. The molecule has 0 unspecified atom stereocenters. The van der Waals surface area contributed by atoms with Crippen molar-refractivity contribution in [3.63, 3.8) is 0 Å². The summed E-state index contributed by atoms with van der Waals surface area (Å²) in [6.45, 7) is 0.721. The minimum Gasteiger partial charge on any atom is -0.382 e. The van der Waals surface area contributed by atoms with E-state index < -0.39 is 0 Å². The van der Waals surface area contributed by atoms with Gasteiger partial charge < -0.3 is 10.6 Å². The Morgan fingerprint density at radius 2 is 2.29 bits per heavy atom. The van der Waals surface area contributed by atoms with Gasteiger partial charge in [0.05, 0.1) is 3.79 Å². The number of thiophene rings is 1. The average Bonchev–Trinajstić information content (AvgIpc) is 2.68. The third kappa shape index (κ3) is 2.88. The van der Waals surface area contributed by atoms with Crippen LogP contribution in [-0.4, -0.2) is 17.0 Å². The molecule has 7 heteroatoms. The van der Waals surface area contributed by atoms with Gasteiger partial charge in [-0.05, 0) is 32.9 Å². The lowest BCUT2D eigenvalue weighted by atomic mass is 10.3. The molecule has 0 fully saturated rings. The van der Waals surface area contributed by atoms with Crippen molar-refractivity contribution in [1.82, 2.24) is 9.97 Å². The van der Waals surface area contributed by atoms with Gasteiger partial charge in [-0.3, -0.25) is 0 Å². The first-order valence-electron chi connectivity index (χ1n) is 4.78. The Kier molecular flexibility index (Phi) is 3.86. The summed E-state index contributed by atoms with van der Waals surface area (Å²) in [5.74, 6) is 0.941. The zero-order valence-electron chi connectivity index (χ0n) is 9.02. The Morgan fingerprint density at radius 3 is 2.94 bits per heavy atom. The second-order valence-corrected chi connectivity index (χ2v) is 6.18. The second-order valence-electron chi connectivity index (χ2n) is 3.51. The average molecular weight is 334 g/mol. The van der Waals surface area contributed by atoms with Crippen LogP contribution in [-0.2, 0) is 6.54 Å². The van der Waals surface area contributed by atoms with Crippen molar-refractivity contribution in [3.05, 3.63) is 32.1 Å². The highest BCUT2D eigenvalue weighted by Gasteiger charge is 2.12. The van der Waals surface area contributed by atoms with E-state index in [0.717, 1.165) is 10.3 Å². The van der Waals surface area contributed by atoms with Gasteiger partial charge in [-0.1, -0.05) is 11.6 Å². The molecule has 2 aromatic rings. The zero-order valence-corrected chi connectivity index (χ0v) is 12.2. The molecule has 4 nitrogen and oxygen atoms in total. The molecule has 0 aliphatic rings. The van der Waals surface area contributed by atoms with Gasteiger partial charge in [0.1, 0.15) is 17.2 Å². The molecule has 0 saturated carbocycles. The highest BCUT2D eigenvalue weighted by atomic mass is 79.9. The maximum atomic E-state index is 6.06. The molecule has 0 spiro atoms. The third-order valence-corrected chi connectivity index (χ3v) is 4.12. The fraction of sp³-hybridized carbons (Fsp3) is 0.200. The van der Waals surface area contributed by atoms with Gasteiger partial charge in [0.2, 0.25) is 0 Å². The van der Waals surface area contributed by atoms with E-state index in [1.165, 1.54) is 11.9 Å². The molecule has 2 heterocycles. The molecule has 0 atom stereocenters. The first kappa shape index (κ1) is 12.6. The lowest BCUT2D eigenvalue weighted by molar-refractivity contribution is 0.895. The Morgan fingerprint density at radius 1 is 1.53 bits per heavy atom. The molecular formula is C10H10BrClN4S. The lowest BCUT2D eigenvalue weighted by Crippen LogP contribution is -2.18. The first-order chi connectivity index (χ1) is 8.08. The van der Waals surface area contributed by atoms with Gasteiger partial charge in [0.25, 0.3) is 0 Å². The zero-order chi connectivity index (χ0) is 12.4. The molecule has 0 aliphatic heterocycles. The molecule has 2 aromatic heterocycles. The van der Waals surface area contributed by atoms with Crippen LogP contribution in [0, 0.1) is 0 Å². The van der Waals surface area contributed by atoms with Crippen LogP contribution in [0.3, 0.4) is 0 Å². The number of hydrogen-bond donors (Lipinski definition) is 1. The van der Waals surface area contributed by atoms with E-state index in [-0.39, 0.29) is 0 Å². The summed E-state index contributed by atoms with van der Waals surface area (Å²) in [5, 5.41) is 2.48. The first-order valence-corrected chi connectivity index (χ1v) is 6.83. The number of hydrogen-bond acceptors (Lipinski definition) is 5. The smallest absolute Gasteiger partial charge is 0.153 e. The van der Waals surface area contributed by atoms with Crippen molar-refractivity contribution in [2.75, 3.05) is 17.7 Å². The molecule has 0 radical (unpaired) electrons. The van der Waals surface area contributed by atoms with E-state index in [1.54, 1.807) is 11.3 Å². The minimum atomic E-state index is 0.301. The van der Waals surface area contributed by atoms with E-state index in [9.17, 15) is 0 Å². The highest BCUT2D eigenvalue weighted by Crippen LogP contribution is 2.28. The van der Waals surface area contributed by atoms with E-state index in [0.29, 0.717) is 16.7 Å². The predicted molar refractivity (Wildman–Crippen MR) is 75.6 cm³/mol. The van der Waals surface area contributed by atoms with E-state index >= 15 is 0 Å². The van der Waals surface area contributed by atoms with Gasteiger partial charge >= 0.3 is 0 Å². The standard InChI is InChI=1S/C10H10BrClN4S/c1-16(3-6-2-7(11)17-4-6)10-8(12)9(13)14-5-15-10/h2,4-5H,3H2,1H3,(H2,13,14,15). The molecule has 2 rings (SSSR count). The molecule has 90 valence electrons. The van der Waals surface area contributed by atoms with Gasteiger partial charge in [0.15, 0.2) is 5.82 Å². The molecule has 0 saturated heterocycles. The van der Waals surface area contributed by atoms with Crippen LogP contribution in [0.25, 0.3) is 0 Å². The monoisotopic (exact) mass is 332 g/mol. The summed E-state index contributed by atoms with van der Waals surface area (Å²) in [4.78, 5) is 9.91. The van der Waals surface area contributed by atoms with Crippen LogP contribution < -0.4 is 10.6 Å². The number of halogens is 2. The number of aromatic nitrogens is 2. The fourth-order valence-electron chi connectivity index (χ4n) is 1.42. The fourth-order valence-corrected chi connectivity index (χ4v) is 2.86. The summed E-state index contributed by atoms with van der Waals surface area (Å²) in [6, 6.07) is 2.07. The van der Waals surface area contributed by atoms with Gasteiger partial charge in [-0.15, -0.1) is 11.3 Å². The summed E-state index contributed by atoms with van der Waals surface area (Å²) < 4.78 is 1.11. The minimum absolute atomic E-state index is 0.301. The van der Waals surface area contributed by atoms with Crippen LogP contribution in [0.1, 0.15) is 5.56 Å².